The molecular weight excluding hydrogens is 384 g/mol. The molecule has 2 heterocycles. The maximum atomic E-state index is 11.4. The van der Waals surface area contributed by atoms with E-state index in [-0.39, 0.29) is 11.7 Å². The Hall–Kier alpha value is -1.44. The summed E-state index contributed by atoms with van der Waals surface area (Å²) in [4.78, 5) is 20.9. The molecule has 1 aromatic carbocycles. The molecule has 7 heteroatoms. The number of hydrogen-bond acceptors (Lipinski definition) is 6. The van der Waals surface area contributed by atoms with E-state index >= 15 is 0 Å². The second-order valence-corrected chi connectivity index (χ2v) is 7.12. The van der Waals surface area contributed by atoms with E-state index in [4.69, 9.17) is 0 Å². The molecule has 0 fully saturated rings. The smallest absolute Gasteiger partial charge is 0.316 e. The predicted octanol–water partition coefficient (Wildman–Crippen LogP) is 4.39. The van der Waals surface area contributed by atoms with E-state index in [2.05, 4.69) is 36.0 Å². The minimum absolute atomic E-state index is 0.234. The summed E-state index contributed by atoms with van der Waals surface area (Å²) in [6.45, 7) is 0. The summed E-state index contributed by atoms with van der Waals surface area (Å²) < 4.78 is 5.72. The molecule has 0 N–H and O–H groups in total. The number of ether oxygens (including phenoxy) is 1. The Kier molecular flexibility index (Phi) is 4.75. The molecule has 0 bridgehead atoms. The summed E-state index contributed by atoms with van der Waals surface area (Å²) in [7, 11) is 1.39. The lowest BCUT2D eigenvalue weighted by Gasteiger charge is -2.05. The van der Waals surface area contributed by atoms with Gasteiger partial charge in [0.1, 0.15) is 16.2 Å². The van der Waals surface area contributed by atoms with Crippen LogP contribution >= 0.6 is 39.0 Å². The number of rotatable bonds is 4. The normalized spacial score (nSPS) is 10.8. The summed E-state index contributed by atoms with van der Waals surface area (Å²) in [6, 6.07) is 8.11. The fraction of sp³-hybridized carbons (Fsp3) is 0.133. The lowest BCUT2D eigenvalue weighted by atomic mass is 10.1. The zero-order valence-corrected chi connectivity index (χ0v) is 14.8. The molecule has 4 nitrogen and oxygen atoms in total. The number of hydrogen-bond donors (Lipinski definition) is 0. The van der Waals surface area contributed by atoms with Gasteiger partial charge in [0.25, 0.3) is 0 Å². The van der Waals surface area contributed by atoms with E-state index in [1.807, 2.05) is 24.3 Å². The van der Waals surface area contributed by atoms with Crippen LogP contribution in [-0.4, -0.2) is 28.8 Å². The number of thiophene rings is 1. The van der Waals surface area contributed by atoms with Crippen LogP contribution < -0.4 is 0 Å². The zero-order chi connectivity index (χ0) is 15.5. The number of halogens is 1. The Morgan fingerprint density at radius 3 is 2.82 bits per heavy atom. The number of carbonyl (C=O) groups excluding carboxylic acids is 1. The van der Waals surface area contributed by atoms with Gasteiger partial charge >= 0.3 is 5.97 Å². The molecule has 0 radical (unpaired) electrons. The Labute approximate surface area is 144 Å². The molecule has 0 saturated heterocycles. The highest BCUT2D eigenvalue weighted by Gasteiger charge is 2.14. The molecule has 0 atom stereocenters. The molecule has 0 saturated carbocycles. The first-order chi connectivity index (χ1) is 10.7. The van der Waals surface area contributed by atoms with Crippen molar-refractivity contribution in [1.82, 2.24) is 9.97 Å². The number of thioether (sulfide) groups is 1. The second kappa shape index (κ2) is 6.76. The Balaban J connectivity index is 2.04. The molecule has 2 aromatic heterocycles. The van der Waals surface area contributed by atoms with Crippen molar-refractivity contribution in [3.63, 3.8) is 0 Å². The van der Waals surface area contributed by atoms with Crippen LogP contribution in [0.25, 0.3) is 21.3 Å². The summed E-state index contributed by atoms with van der Waals surface area (Å²) >= 11 is 6.39. The first kappa shape index (κ1) is 15.5. The van der Waals surface area contributed by atoms with Crippen molar-refractivity contribution in [3.05, 3.63) is 40.4 Å². The lowest BCUT2D eigenvalue weighted by Crippen LogP contribution is -2.03. The van der Waals surface area contributed by atoms with Crippen LogP contribution in [0.4, 0.5) is 0 Å². The number of methoxy groups -OCH3 is 1. The van der Waals surface area contributed by atoms with E-state index in [0.717, 1.165) is 30.8 Å². The van der Waals surface area contributed by atoms with Gasteiger partial charge in [0, 0.05) is 15.4 Å². The third-order valence-corrected chi connectivity index (χ3v) is 5.42. The van der Waals surface area contributed by atoms with Crippen LogP contribution in [0.3, 0.4) is 0 Å². The topological polar surface area (TPSA) is 52.1 Å². The highest BCUT2D eigenvalue weighted by molar-refractivity contribution is 9.10. The molecule has 0 aliphatic heterocycles. The van der Waals surface area contributed by atoms with Crippen LogP contribution in [-0.2, 0) is 9.53 Å². The van der Waals surface area contributed by atoms with Crippen LogP contribution in [0.2, 0.25) is 0 Å². The van der Waals surface area contributed by atoms with Gasteiger partial charge in [-0.3, -0.25) is 4.79 Å². The van der Waals surface area contributed by atoms with Gasteiger partial charge in [0.15, 0.2) is 0 Å². The average Bonchev–Trinajstić information content (AvgIpc) is 2.98. The molecule has 0 amide bonds. The summed E-state index contributed by atoms with van der Waals surface area (Å²) in [6.07, 6.45) is 1.53. The van der Waals surface area contributed by atoms with Gasteiger partial charge in [0.2, 0.25) is 0 Å². The summed E-state index contributed by atoms with van der Waals surface area (Å²) in [5.41, 5.74) is 2.18. The van der Waals surface area contributed by atoms with Crippen molar-refractivity contribution in [2.75, 3.05) is 12.9 Å². The Bertz CT molecular complexity index is 818. The van der Waals surface area contributed by atoms with Crippen molar-refractivity contribution in [1.29, 1.82) is 0 Å². The second-order valence-electron chi connectivity index (χ2n) is 4.38. The van der Waals surface area contributed by atoms with Crippen molar-refractivity contribution in [2.45, 2.75) is 5.03 Å². The van der Waals surface area contributed by atoms with E-state index in [1.54, 1.807) is 11.3 Å². The fourth-order valence-electron chi connectivity index (χ4n) is 1.99. The Morgan fingerprint density at radius 1 is 1.32 bits per heavy atom. The number of benzene rings is 1. The molecule has 22 heavy (non-hydrogen) atoms. The number of nitrogens with zero attached hydrogens (tertiary/aromatic N) is 2. The van der Waals surface area contributed by atoms with Gasteiger partial charge < -0.3 is 4.74 Å². The van der Waals surface area contributed by atoms with Gasteiger partial charge in [-0.1, -0.05) is 39.8 Å². The van der Waals surface area contributed by atoms with Crippen LogP contribution in [0.5, 0.6) is 0 Å². The third kappa shape index (κ3) is 3.16. The van der Waals surface area contributed by atoms with E-state index in [9.17, 15) is 4.79 Å². The monoisotopic (exact) mass is 394 g/mol. The number of fused-ring (bicyclic) bond motifs is 1. The van der Waals surface area contributed by atoms with Crippen molar-refractivity contribution >= 4 is 55.2 Å². The summed E-state index contributed by atoms with van der Waals surface area (Å²) in [5.74, 6) is -0.0321. The van der Waals surface area contributed by atoms with Crippen molar-refractivity contribution in [3.8, 4) is 11.1 Å². The fourth-order valence-corrected chi connectivity index (χ4v) is 4.08. The first-order valence-electron chi connectivity index (χ1n) is 6.37. The standard InChI is InChI=1S/C15H11BrN2O2S2/c1-20-12(19)7-22-15-13-11(6-21-14(13)17-8-18-15)9-2-4-10(16)5-3-9/h2-6,8H,7H2,1H3. The maximum Gasteiger partial charge on any atom is 0.316 e. The van der Waals surface area contributed by atoms with E-state index in [0.29, 0.717) is 0 Å². The molecule has 0 aliphatic rings. The minimum atomic E-state index is -0.266. The quantitative estimate of drug-likeness (QED) is 0.373. The number of aromatic nitrogens is 2. The third-order valence-electron chi connectivity index (χ3n) is 3.05. The zero-order valence-electron chi connectivity index (χ0n) is 11.6. The number of esters is 1. The van der Waals surface area contributed by atoms with Gasteiger partial charge in [0.05, 0.1) is 18.2 Å². The number of carbonyl (C=O) groups is 1. The predicted molar refractivity (Wildman–Crippen MR) is 93.3 cm³/mol. The highest BCUT2D eigenvalue weighted by Crippen LogP contribution is 2.38. The molecule has 0 aliphatic carbocycles. The van der Waals surface area contributed by atoms with Crippen LogP contribution in [0.15, 0.2) is 45.5 Å². The van der Waals surface area contributed by atoms with Crippen LogP contribution in [0.1, 0.15) is 0 Å². The van der Waals surface area contributed by atoms with Crippen molar-refractivity contribution < 1.29 is 9.53 Å². The van der Waals surface area contributed by atoms with Gasteiger partial charge in [-0.05, 0) is 17.7 Å². The van der Waals surface area contributed by atoms with Crippen molar-refractivity contribution in [2.24, 2.45) is 0 Å². The molecule has 0 spiro atoms. The molecule has 3 aromatic rings. The van der Waals surface area contributed by atoms with Crippen LogP contribution in [0, 0.1) is 0 Å². The van der Waals surface area contributed by atoms with E-state index in [1.165, 1.54) is 25.2 Å². The first-order valence-corrected chi connectivity index (χ1v) is 9.02. The van der Waals surface area contributed by atoms with Gasteiger partial charge in [-0.25, -0.2) is 9.97 Å². The van der Waals surface area contributed by atoms with Gasteiger partial charge in [-0.2, -0.15) is 0 Å². The molecule has 0 unspecified atom stereocenters. The SMILES string of the molecule is COC(=O)CSc1ncnc2scc(-c3ccc(Br)cc3)c12. The maximum absolute atomic E-state index is 11.4. The van der Waals surface area contributed by atoms with E-state index < -0.39 is 0 Å². The van der Waals surface area contributed by atoms with Gasteiger partial charge in [-0.15, -0.1) is 11.3 Å². The minimum Gasteiger partial charge on any atom is -0.468 e. The molecule has 112 valence electrons. The molecule has 3 rings (SSSR count). The Morgan fingerprint density at radius 2 is 2.09 bits per heavy atom. The highest BCUT2D eigenvalue weighted by atomic mass is 79.9. The molecular formula is C15H11BrN2O2S2. The summed E-state index contributed by atoms with van der Waals surface area (Å²) in [5, 5.41) is 3.86. The largest absolute Gasteiger partial charge is 0.468 e. The average molecular weight is 395 g/mol. The lowest BCUT2D eigenvalue weighted by molar-refractivity contribution is -0.137.